The molecule has 1 aromatic carbocycles. The molecule has 7 nitrogen and oxygen atoms in total. The number of nitrogens with one attached hydrogen (secondary N) is 2. The summed E-state index contributed by atoms with van der Waals surface area (Å²) in [5, 5.41) is 16.7. The smallest absolute Gasteiger partial charge is 0.321 e. The van der Waals surface area contributed by atoms with Gasteiger partial charge in [-0.15, -0.1) is 5.10 Å². The molecular formula is C13H16N6O. The molecule has 3 rings (SSSR count). The summed E-state index contributed by atoms with van der Waals surface area (Å²) in [5.41, 5.74) is 1.37. The Hall–Kier alpha value is -2.44. The van der Waals surface area contributed by atoms with E-state index in [1.807, 2.05) is 18.2 Å². The van der Waals surface area contributed by atoms with Crippen molar-refractivity contribution in [2.45, 2.75) is 18.3 Å². The Labute approximate surface area is 116 Å². The average molecular weight is 272 g/mol. The van der Waals surface area contributed by atoms with Crippen molar-refractivity contribution in [2.24, 2.45) is 7.05 Å². The van der Waals surface area contributed by atoms with Crippen LogP contribution in [0.2, 0.25) is 0 Å². The summed E-state index contributed by atoms with van der Waals surface area (Å²) in [4.78, 5) is 13.1. The standard InChI is InChI=1S/C13H16N6O/c1-19-17-11(16-18-19)15-12(20)14-9-13(7-8-13)10-5-3-2-4-6-10/h2-6H,7-9H2,1H3,(H2,14,15,17,20). The summed E-state index contributed by atoms with van der Waals surface area (Å²) in [6.45, 7) is 0.614. The number of amides is 2. The maximum Gasteiger partial charge on any atom is 0.321 e. The summed E-state index contributed by atoms with van der Waals surface area (Å²) < 4.78 is 0. The Bertz CT molecular complexity index is 604. The Balaban J connectivity index is 1.56. The van der Waals surface area contributed by atoms with E-state index in [0.29, 0.717) is 6.54 Å². The second kappa shape index (κ2) is 4.92. The lowest BCUT2D eigenvalue weighted by atomic mass is 9.96. The van der Waals surface area contributed by atoms with Crippen LogP contribution in [-0.4, -0.2) is 32.8 Å². The van der Waals surface area contributed by atoms with E-state index in [9.17, 15) is 4.79 Å². The minimum Gasteiger partial charge on any atom is -0.337 e. The highest BCUT2D eigenvalue weighted by atomic mass is 16.2. The first kappa shape index (κ1) is 12.6. The van der Waals surface area contributed by atoms with Crippen LogP contribution in [0.15, 0.2) is 30.3 Å². The van der Waals surface area contributed by atoms with Gasteiger partial charge in [0.2, 0.25) is 0 Å². The van der Waals surface area contributed by atoms with E-state index >= 15 is 0 Å². The largest absolute Gasteiger partial charge is 0.337 e. The lowest BCUT2D eigenvalue weighted by Gasteiger charge is -2.16. The summed E-state index contributed by atoms with van der Waals surface area (Å²) >= 11 is 0. The second-order valence-electron chi connectivity index (χ2n) is 5.06. The van der Waals surface area contributed by atoms with Gasteiger partial charge in [-0.3, -0.25) is 5.32 Å². The van der Waals surface area contributed by atoms with Gasteiger partial charge in [0.15, 0.2) is 0 Å². The van der Waals surface area contributed by atoms with Crippen LogP contribution in [0.3, 0.4) is 0 Å². The molecular weight excluding hydrogens is 256 g/mol. The number of hydrogen-bond donors (Lipinski definition) is 2. The molecule has 1 aromatic heterocycles. The Morgan fingerprint density at radius 3 is 2.70 bits per heavy atom. The summed E-state index contributed by atoms with van der Waals surface area (Å²) in [5.74, 6) is 0.203. The van der Waals surface area contributed by atoms with E-state index in [1.165, 1.54) is 10.4 Å². The normalized spacial score (nSPS) is 15.7. The average Bonchev–Trinajstić information content (AvgIpc) is 3.15. The fraction of sp³-hybridized carbons (Fsp3) is 0.385. The van der Waals surface area contributed by atoms with Gasteiger partial charge in [-0.25, -0.2) is 4.79 Å². The number of hydrogen-bond acceptors (Lipinski definition) is 4. The third-order valence-electron chi connectivity index (χ3n) is 3.56. The number of rotatable bonds is 4. The van der Waals surface area contributed by atoms with E-state index in [2.05, 4.69) is 38.2 Å². The van der Waals surface area contributed by atoms with Gasteiger partial charge in [0.1, 0.15) is 0 Å². The van der Waals surface area contributed by atoms with Crippen molar-refractivity contribution in [3.05, 3.63) is 35.9 Å². The first-order valence-electron chi connectivity index (χ1n) is 6.52. The van der Waals surface area contributed by atoms with Crippen molar-refractivity contribution in [3.8, 4) is 0 Å². The molecule has 0 atom stereocenters. The molecule has 20 heavy (non-hydrogen) atoms. The van der Waals surface area contributed by atoms with Gasteiger partial charge in [-0.2, -0.15) is 4.80 Å². The van der Waals surface area contributed by atoms with Crippen molar-refractivity contribution in [1.29, 1.82) is 0 Å². The molecule has 0 bridgehead atoms. The number of benzene rings is 1. The summed E-state index contributed by atoms with van der Waals surface area (Å²) in [7, 11) is 1.64. The molecule has 2 aromatic rings. The molecule has 0 aliphatic heterocycles. The van der Waals surface area contributed by atoms with E-state index in [0.717, 1.165) is 12.8 Å². The predicted molar refractivity (Wildman–Crippen MR) is 73.2 cm³/mol. The van der Waals surface area contributed by atoms with Gasteiger partial charge < -0.3 is 5.32 Å². The second-order valence-corrected chi connectivity index (χ2v) is 5.06. The minimum absolute atomic E-state index is 0.0917. The first-order chi connectivity index (χ1) is 9.68. The molecule has 1 aliphatic carbocycles. The van der Waals surface area contributed by atoms with Gasteiger partial charge >= 0.3 is 6.03 Å². The number of tetrazole rings is 1. The van der Waals surface area contributed by atoms with Gasteiger partial charge in [-0.05, 0) is 23.6 Å². The number of carbonyl (C=O) groups is 1. The van der Waals surface area contributed by atoms with Crippen LogP contribution < -0.4 is 10.6 Å². The van der Waals surface area contributed by atoms with Gasteiger partial charge in [0.25, 0.3) is 5.95 Å². The van der Waals surface area contributed by atoms with Crippen molar-refractivity contribution < 1.29 is 4.79 Å². The quantitative estimate of drug-likeness (QED) is 0.871. The molecule has 1 heterocycles. The van der Waals surface area contributed by atoms with Crippen LogP contribution in [0.25, 0.3) is 0 Å². The third-order valence-corrected chi connectivity index (χ3v) is 3.56. The summed E-state index contributed by atoms with van der Waals surface area (Å²) in [6.07, 6.45) is 2.20. The fourth-order valence-corrected chi connectivity index (χ4v) is 2.24. The number of urea groups is 1. The summed E-state index contributed by atoms with van der Waals surface area (Å²) in [6, 6.07) is 9.96. The Morgan fingerprint density at radius 1 is 1.35 bits per heavy atom. The number of nitrogens with zero attached hydrogens (tertiary/aromatic N) is 4. The monoisotopic (exact) mass is 272 g/mol. The minimum atomic E-state index is -0.305. The van der Waals surface area contributed by atoms with Crippen molar-refractivity contribution >= 4 is 12.0 Å². The van der Waals surface area contributed by atoms with E-state index < -0.39 is 0 Å². The van der Waals surface area contributed by atoms with Crippen LogP contribution >= 0.6 is 0 Å². The zero-order chi connectivity index (χ0) is 14.0. The fourth-order valence-electron chi connectivity index (χ4n) is 2.24. The van der Waals surface area contributed by atoms with Crippen molar-refractivity contribution in [1.82, 2.24) is 25.5 Å². The van der Waals surface area contributed by atoms with E-state index in [1.54, 1.807) is 7.05 Å². The lowest BCUT2D eigenvalue weighted by Crippen LogP contribution is -2.35. The first-order valence-corrected chi connectivity index (χ1v) is 6.52. The van der Waals surface area contributed by atoms with Crippen molar-refractivity contribution in [2.75, 3.05) is 11.9 Å². The number of anilines is 1. The topological polar surface area (TPSA) is 84.7 Å². The molecule has 2 amide bonds. The van der Waals surface area contributed by atoms with Crippen LogP contribution in [0.1, 0.15) is 18.4 Å². The molecule has 0 radical (unpaired) electrons. The van der Waals surface area contributed by atoms with Gasteiger partial charge in [0, 0.05) is 12.0 Å². The molecule has 0 spiro atoms. The number of aromatic nitrogens is 4. The van der Waals surface area contributed by atoms with E-state index in [4.69, 9.17) is 0 Å². The molecule has 0 saturated heterocycles. The Morgan fingerprint density at radius 2 is 2.10 bits per heavy atom. The molecule has 0 unspecified atom stereocenters. The maximum absolute atomic E-state index is 11.8. The highest BCUT2D eigenvalue weighted by molar-refractivity contribution is 5.87. The molecule has 104 valence electrons. The maximum atomic E-state index is 11.8. The Kier molecular flexibility index (Phi) is 3.09. The van der Waals surface area contributed by atoms with Gasteiger partial charge in [-0.1, -0.05) is 35.4 Å². The molecule has 2 N–H and O–H groups in total. The van der Waals surface area contributed by atoms with E-state index in [-0.39, 0.29) is 17.4 Å². The predicted octanol–water partition coefficient (Wildman–Crippen LogP) is 1.06. The highest BCUT2D eigenvalue weighted by Crippen LogP contribution is 2.47. The zero-order valence-electron chi connectivity index (χ0n) is 11.2. The SMILES string of the molecule is Cn1nnc(NC(=O)NCC2(c3ccccc3)CC2)n1. The van der Waals surface area contributed by atoms with Crippen LogP contribution in [0.5, 0.6) is 0 Å². The number of carbonyl (C=O) groups excluding carboxylic acids is 1. The van der Waals surface area contributed by atoms with Gasteiger partial charge in [0.05, 0.1) is 7.05 Å². The van der Waals surface area contributed by atoms with Crippen LogP contribution in [-0.2, 0) is 12.5 Å². The molecule has 1 fully saturated rings. The molecule has 1 saturated carbocycles. The zero-order valence-corrected chi connectivity index (χ0v) is 11.2. The van der Waals surface area contributed by atoms with Crippen LogP contribution in [0, 0.1) is 0 Å². The lowest BCUT2D eigenvalue weighted by molar-refractivity contribution is 0.251. The van der Waals surface area contributed by atoms with Crippen molar-refractivity contribution in [3.63, 3.8) is 0 Å². The molecule has 7 heteroatoms. The third kappa shape index (κ3) is 2.61. The molecule has 1 aliphatic rings. The number of aryl methyl sites for hydroxylation is 1. The highest BCUT2D eigenvalue weighted by Gasteiger charge is 2.44. The van der Waals surface area contributed by atoms with Crippen LogP contribution in [0.4, 0.5) is 10.7 Å².